The number of hydrogen-bond donors (Lipinski definition) is 0. The SMILES string of the molecule is [Li][c]1ccccc1C1CCCCC1. The summed E-state index contributed by atoms with van der Waals surface area (Å²) in [6.45, 7) is 0. The molecular formula is C12H15Li. The molecular weight excluding hydrogens is 151 g/mol. The standard InChI is InChI=1S/C12H15.Li/c1-3-7-11(8-4-1)12-9-5-2-6-10-12;/h1,3-4,7,12H,2,5-6,9-10H2;. The van der Waals surface area contributed by atoms with Gasteiger partial charge in [0.2, 0.25) is 0 Å². The predicted octanol–water partition coefficient (Wildman–Crippen LogP) is 2.53. The van der Waals surface area contributed by atoms with Crippen LogP contribution in [0.25, 0.3) is 0 Å². The molecule has 0 atom stereocenters. The monoisotopic (exact) mass is 166 g/mol. The average molecular weight is 166 g/mol. The Morgan fingerprint density at radius 3 is 2.38 bits per heavy atom. The van der Waals surface area contributed by atoms with Crippen molar-refractivity contribution in [1.29, 1.82) is 0 Å². The second-order valence-corrected chi connectivity index (χ2v) is 4.19. The first-order valence-electron chi connectivity index (χ1n) is 5.43. The molecule has 1 aliphatic rings. The molecule has 1 aromatic carbocycles. The van der Waals surface area contributed by atoms with Gasteiger partial charge in [-0.25, -0.2) is 0 Å². The molecule has 0 amide bonds. The van der Waals surface area contributed by atoms with Gasteiger partial charge < -0.3 is 0 Å². The summed E-state index contributed by atoms with van der Waals surface area (Å²) in [5.74, 6) is 0.856. The first-order valence-corrected chi connectivity index (χ1v) is 5.43. The van der Waals surface area contributed by atoms with E-state index in [1.165, 1.54) is 36.3 Å². The van der Waals surface area contributed by atoms with Crippen molar-refractivity contribution in [2.75, 3.05) is 0 Å². The Bertz CT molecular complexity index is 274. The molecule has 1 aliphatic carbocycles. The van der Waals surface area contributed by atoms with Gasteiger partial charge >= 0.3 is 89.8 Å². The average Bonchev–Trinajstić information content (AvgIpc) is 2.20. The van der Waals surface area contributed by atoms with Crippen LogP contribution in [0.2, 0.25) is 0 Å². The van der Waals surface area contributed by atoms with Crippen molar-refractivity contribution in [3.05, 3.63) is 29.8 Å². The zero-order valence-corrected chi connectivity index (χ0v) is 8.42. The molecule has 1 heteroatoms. The zero-order chi connectivity index (χ0) is 9.10. The van der Waals surface area contributed by atoms with Crippen LogP contribution in [0.15, 0.2) is 24.3 Å². The minimum atomic E-state index is 0.856. The molecule has 0 aromatic heterocycles. The molecule has 0 heterocycles. The van der Waals surface area contributed by atoms with Gasteiger partial charge in [-0.15, -0.1) is 0 Å². The molecule has 1 aromatic rings. The molecule has 0 N–H and O–H groups in total. The van der Waals surface area contributed by atoms with E-state index >= 15 is 0 Å². The summed E-state index contributed by atoms with van der Waals surface area (Å²) in [5.41, 5.74) is 1.60. The van der Waals surface area contributed by atoms with Crippen molar-refractivity contribution in [3.63, 3.8) is 0 Å². The van der Waals surface area contributed by atoms with Crippen LogP contribution in [0.1, 0.15) is 43.6 Å². The van der Waals surface area contributed by atoms with Crippen molar-refractivity contribution >= 4 is 22.0 Å². The van der Waals surface area contributed by atoms with Gasteiger partial charge in [-0.2, -0.15) is 0 Å². The van der Waals surface area contributed by atoms with Crippen LogP contribution < -0.4 is 4.24 Å². The molecule has 0 aliphatic heterocycles. The second-order valence-electron chi connectivity index (χ2n) is 4.19. The summed E-state index contributed by atoms with van der Waals surface area (Å²) < 4.78 is 1.48. The summed E-state index contributed by atoms with van der Waals surface area (Å²) in [7, 11) is 0. The first kappa shape index (κ1) is 9.38. The van der Waals surface area contributed by atoms with Gasteiger partial charge in [-0.1, -0.05) is 0 Å². The Morgan fingerprint density at radius 2 is 1.69 bits per heavy atom. The Morgan fingerprint density at radius 1 is 1.00 bits per heavy atom. The Balaban J connectivity index is 2.18. The van der Waals surface area contributed by atoms with Crippen LogP contribution in [0.3, 0.4) is 0 Å². The van der Waals surface area contributed by atoms with Crippen LogP contribution in [0, 0.1) is 0 Å². The normalized spacial score (nSPS) is 18.9. The van der Waals surface area contributed by atoms with Crippen molar-refractivity contribution in [3.8, 4) is 0 Å². The van der Waals surface area contributed by atoms with E-state index in [0.29, 0.717) is 0 Å². The molecule has 0 bridgehead atoms. The third-order valence-electron chi connectivity index (χ3n) is 3.23. The van der Waals surface area contributed by atoms with E-state index in [1.54, 1.807) is 5.56 Å². The van der Waals surface area contributed by atoms with E-state index in [9.17, 15) is 0 Å². The predicted molar refractivity (Wildman–Crippen MR) is 57.7 cm³/mol. The van der Waals surface area contributed by atoms with E-state index in [-0.39, 0.29) is 0 Å². The van der Waals surface area contributed by atoms with Crippen LogP contribution in [-0.4, -0.2) is 17.7 Å². The molecule has 0 saturated heterocycles. The van der Waals surface area contributed by atoms with Crippen LogP contribution >= 0.6 is 0 Å². The maximum absolute atomic E-state index is 2.31. The summed E-state index contributed by atoms with van der Waals surface area (Å²) in [5, 5.41) is 0. The molecule has 0 spiro atoms. The van der Waals surface area contributed by atoms with Crippen LogP contribution in [-0.2, 0) is 0 Å². The molecule has 1 fully saturated rings. The molecule has 0 radical (unpaired) electrons. The van der Waals surface area contributed by atoms with Gasteiger partial charge in [0, 0.05) is 0 Å². The minimum absolute atomic E-state index is 0.856. The fourth-order valence-electron chi connectivity index (χ4n) is 2.46. The summed E-state index contributed by atoms with van der Waals surface area (Å²) in [6.07, 6.45) is 7.12. The van der Waals surface area contributed by atoms with Crippen molar-refractivity contribution in [2.45, 2.75) is 38.0 Å². The molecule has 64 valence electrons. The fourth-order valence-corrected chi connectivity index (χ4v) is 2.46. The van der Waals surface area contributed by atoms with Crippen molar-refractivity contribution in [2.24, 2.45) is 0 Å². The topological polar surface area (TPSA) is 0 Å². The zero-order valence-electron chi connectivity index (χ0n) is 8.42. The Kier molecular flexibility index (Phi) is 3.14. The van der Waals surface area contributed by atoms with Crippen LogP contribution in [0.4, 0.5) is 0 Å². The van der Waals surface area contributed by atoms with E-state index < -0.39 is 0 Å². The van der Waals surface area contributed by atoms with Gasteiger partial charge in [-0.05, 0) is 0 Å². The molecule has 2 rings (SSSR count). The van der Waals surface area contributed by atoms with E-state index in [4.69, 9.17) is 0 Å². The Labute approximate surface area is 89.9 Å². The summed E-state index contributed by atoms with van der Waals surface area (Å²) >= 11 is 2.24. The fraction of sp³-hybridized carbons (Fsp3) is 0.500. The maximum atomic E-state index is 2.31. The third kappa shape index (κ3) is 2.19. The van der Waals surface area contributed by atoms with Gasteiger partial charge in [0.25, 0.3) is 0 Å². The van der Waals surface area contributed by atoms with Gasteiger partial charge in [0.1, 0.15) is 0 Å². The van der Waals surface area contributed by atoms with Gasteiger partial charge in [-0.3, -0.25) is 0 Å². The third-order valence-corrected chi connectivity index (χ3v) is 3.23. The molecule has 0 nitrogen and oxygen atoms in total. The van der Waals surface area contributed by atoms with E-state index in [1.807, 2.05) is 0 Å². The first-order chi connectivity index (χ1) is 6.38. The molecule has 0 unspecified atom stereocenters. The number of rotatable bonds is 1. The molecule has 1 saturated carbocycles. The summed E-state index contributed by atoms with van der Waals surface area (Å²) in [6, 6.07) is 8.87. The van der Waals surface area contributed by atoms with E-state index in [0.717, 1.165) is 5.92 Å². The summed E-state index contributed by atoms with van der Waals surface area (Å²) in [4.78, 5) is 0. The Hall–Kier alpha value is -0.183. The molecule has 13 heavy (non-hydrogen) atoms. The number of benzene rings is 1. The van der Waals surface area contributed by atoms with E-state index in [2.05, 4.69) is 42.0 Å². The van der Waals surface area contributed by atoms with Crippen molar-refractivity contribution < 1.29 is 0 Å². The van der Waals surface area contributed by atoms with Crippen LogP contribution in [0.5, 0.6) is 0 Å². The van der Waals surface area contributed by atoms with Gasteiger partial charge in [0.05, 0.1) is 0 Å². The van der Waals surface area contributed by atoms with Crippen molar-refractivity contribution in [1.82, 2.24) is 0 Å². The van der Waals surface area contributed by atoms with Gasteiger partial charge in [0.15, 0.2) is 0 Å². The second kappa shape index (κ2) is 4.36. The number of hydrogen-bond acceptors (Lipinski definition) is 0. The quantitative estimate of drug-likeness (QED) is 0.562.